The SMILES string of the molecule is O[C]1CCCCC1(O)CC1(O)CCCC[C]1O. The number of rotatable bonds is 2. The normalized spacial score (nSPS) is 41.6. The summed E-state index contributed by atoms with van der Waals surface area (Å²) in [7, 11) is 0. The molecule has 17 heavy (non-hydrogen) atoms. The first-order valence-corrected chi connectivity index (χ1v) is 6.52. The van der Waals surface area contributed by atoms with Crippen molar-refractivity contribution in [1.29, 1.82) is 0 Å². The first-order valence-electron chi connectivity index (χ1n) is 6.52. The van der Waals surface area contributed by atoms with Crippen LogP contribution in [0.2, 0.25) is 0 Å². The van der Waals surface area contributed by atoms with Crippen LogP contribution in [0.25, 0.3) is 0 Å². The van der Waals surface area contributed by atoms with Gasteiger partial charge >= 0.3 is 0 Å². The van der Waals surface area contributed by atoms with Crippen molar-refractivity contribution in [3.63, 3.8) is 0 Å². The molecule has 2 fully saturated rings. The van der Waals surface area contributed by atoms with Gasteiger partial charge in [0, 0.05) is 6.42 Å². The fourth-order valence-electron chi connectivity index (χ4n) is 3.04. The summed E-state index contributed by atoms with van der Waals surface area (Å²) in [5.74, 6) is 0. The molecule has 0 saturated heterocycles. The van der Waals surface area contributed by atoms with Crippen LogP contribution in [0.3, 0.4) is 0 Å². The lowest BCUT2D eigenvalue weighted by molar-refractivity contribution is -0.123. The van der Waals surface area contributed by atoms with Crippen LogP contribution in [-0.4, -0.2) is 31.6 Å². The highest BCUT2D eigenvalue weighted by Gasteiger charge is 2.49. The molecule has 0 aromatic heterocycles. The molecule has 0 aromatic carbocycles. The molecule has 0 aromatic rings. The van der Waals surface area contributed by atoms with Crippen LogP contribution in [0.5, 0.6) is 0 Å². The average molecular weight is 242 g/mol. The maximum absolute atomic E-state index is 10.4. The van der Waals surface area contributed by atoms with E-state index < -0.39 is 11.2 Å². The molecule has 0 spiro atoms. The van der Waals surface area contributed by atoms with E-state index >= 15 is 0 Å². The van der Waals surface area contributed by atoms with Crippen molar-refractivity contribution < 1.29 is 20.4 Å². The lowest BCUT2D eigenvalue weighted by atomic mass is 9.70. The molecule has 2 radical (unpaired) electrons. The molecule has 2 saturated carbocycles. The first kappa shape index (κ1) is 13.3. The Morgan fingerprint density at radius 2 is 1.18 bits per heavy atom. The lowest BCUT2D eigenvalue weighted by Gasteiger charge is -2.44. The third kappa shape index (κ3) is 2.65. The second kappa shape index (κ2) is 4.84. The summed E-state index contributed by atoms with van der Waals surface area (Å²) < 4.78 is 0. The van der Waals surface area contributed by atoms with Crippen LogP contribution in [0.15, 0.2) is 0 Å². The predicted molar refractivity (Wildman–Crippen MR) is 61.8 cm³/mol. The minimum absolute atomic E-state index is 0.0255. The molecule has 0 aliphatic heterocycles. The maximum Gasteiger partial charge on any atom is 0.125 e. The maximum atomic E-state index is 10.4. The van der Waals surface area contributed by atoms with Crippen LogP contribution >= 0.6 is 0 Å². The Morgan fingerprint density at radius 1 is 0.765 bits per heavy atom. The van der Waals surface area contributed by atoms with Gasteiger partial charge in [0.2, 0.25) is 0 Å². The highest BCUT2D eigenvalue weighted by molar-refractivity contribution is 5.12. The van der Waals surface area contributed by atoms with Crippen LogP contribution in [0.1, 0.15) is 57.8 Å². The zero-order chi connectivity index (χ0) is 12.5. The third-order valence-electron chi connectivity index (χ3n) is 4.17. The third-order valence-corrected chi connectivity index (χ3v) is 4.17. The van der Waals surface area contributed by atoms with Gasteiger partial charge in [0.25, 0.3) is 0 Å². The quantitative estimate of drug-likeness (QED) is 0.595. The Balaban J connectivity index is 2.07. The van der Waals surface area contributed by atoms with E-state index in [9.17, 15) is 20.4 Å². The molecule has 4 heteroatoms. The van der Waals surface area contributed by atoms with E-state index in [0.29, 0.717) is 25.7 Å². The van der Waals surface area contributed by atoms with Crippen molar-refractivity contribution in [2.45, 2.75) is 69.0 Å². The molecule has 0 bridgehead atoms. The van der Waals surface area contributed by atoms with E-state index in [2.05, 4.69) is 0 Å². The van der Waals surface area contributed by atoms with Crippen molar-refractivity contribution in [2.24, 2.45) is 0 Å². The average Bonchev–Trinajstić information content (AvgIpc) is 2.27. The van der Waals surface area contributed by atoms with Gasteiger partial charge in [0.1, 0.15) is 12.2 Å². The first-order chi connectivity index (χ1) is 7.96. The van der Waals surface area contributed by atoms with E-state index in [4.69, 9.17) is 0 Å². The van der Waals surface area contributed by atoms with Crippen LogP contribution in [0, 0.1) is 12.2 Å². The highest BCUT2D eigenvalue weighted by atomic mass is 16.4. The topological polar surface area (TPSA) is 80.9 Å². The summed E-state index contributed by atoms with van der Waals surface area (Å²) in [5, 5.41) is 40.5. The second-order valence-corrected chi connectivity index (χ2v) is 5.55. The van der Waals surface area contributed by atoms with Crippen molar-refractivity contribution in [2.75, 3.05) is 0 Å². The molecule has 4 N–H and O–H groups in total. The van der Waals surface area contributed by atoms with Gasteiger partial charge in [-0.3, -0.25) is 0 Å². The number of hydrogen-bond donors (Lipinski definition) is 4. The monoisotopic (exact) mass is 242 g/mol. The summed E-state index contributed by atoms with van der Waals surface area (Å²) in [6, 6.07) is 0. The summed E-state index contributed by atoms with van der Waals surface area (Å²) in [5.41, 5.74) is -2.64. The zero-order valence-corrected chi connectivity index (χ0v) is 10.2. The minimum Gasteiger partial charge on any atom is -0.387 e. The van der Waals surface area contributed by atoms with Gasteiger partial charge in [-0.15, -0.1) is 0 Å². The highest BCUT2D eigenvalue weighted by Crippen LogP contribution is 2.45. The van der Waals surface area contributed by atoms with Gasteiger partial charge < -0.3 is 20.4 Å². The van der Waals surface area contributed by atoms with Gasteiger partial charge in [-0.25, -0.2) is 0 Å². The molecule has 2 aliphatic rings. The van der Waals surface area contributed by atoms with Gasteiger partial charge in [0.15, 0.2) is 0 Å². The van der Waals surface area contributed by atoms with Crippen molar-refractivity contribution in [1.82, 2.24) is 0 Å². The Hall–Kier alpha value is -0.160. The molecule has 0 amide bonds. The van der Waals surface area contributed by atoms with E-state index in [1.165, 1.54) is 0 Å². The van der Waals surface area contributed by atoms with E-state index in [-0.39, 0.29) is 18.6 Å². The predicted octanol–water partition coefficient (Wildman–Crippen LogP) is 1.80. The van der Waals surface area contributed by atoms with E-state index in [0.717, 1.165) is 25.7 Å². The zero-order valence-electron chi connectivity index (χ0n) is 10.2. The fraction of sp³-hybridized carbons (Fsp3) is 0.846. The second-order valence-electron chi connectivity index (χ2n) is 5.55. The molecular weight excluding hydrogens is 220 g/mol. The Labute approximate surface area is 102 Å². The molecule has 0 heterocycles. The number of aliphatic hydroxyl groups excluding tert-OH is 2. The van der Waals surface area contributed by atoms with Crippen LogP contribution in [-0.2, 0) is 0 Å². The van der Waals surface area contributed by atoms with Crippen molar-refractivity contribution >= 4 is 0 Å². The Kier molecular flexibility index (Phi) is 3.78. The Morgan fingerprint density at radius 3 is 1.53 bits per heavy atom. The molecule has 2 unspecified atom stereocenters. The molecule has 2 aliphatic carbocycles. The summed E-state index contributed by atoms with van der Waals surface area (Å²) in [6.45, 7) is 0. The molecule has 98 valence electrons. The van der Waals surface area contributed by atoms with Gasteiger partial charge in [0.05, 0.1) is 11.2 Å². The largest absolute Gasteiger partial charge is 0.387 e. The van der Waals surface area contributed by atoms with Gasteiger partial charge in [-0.2, -0.15) is 0 Å². The summed E-state index contributed by atoms with van der Waals surface area (Å²) in [4.78, 5) is 0. The summed E-state index contributed by atoms with van der Waals surface area (Å²) in [6.07, 6.45) is 5.52. The van der Waals surface area contributed by atoms with Crippen LogP contribution < -0.4 is 0 Å². The van der Waals surface area contributed by atoms with Gasteiger partial charge in [-0.05, 0) is 25.7 Å². The van der Waals surface area contributed by atoms with E-state index in [1.807, 2.05) is 0 Å². The van der Waals surface area contributed by atoms with Crippen LogP contribution in [0.4, 0.5) is 0 Å². The minimum atomic E-state index is -1.32. The molecule has 2 atom stereocenters. The summed E-state index contributed by atoms with van der Waals surface area (Å²) >= 11 is 0. The lowest BCUT2D eigenvalue weighted by Crippen LogP contribution is -2.50. The van der Waals surface area contributed by atoms with Crippen molar-refractivity contribution in [3.05, 3.63) is 12.2 Å². The molecule has 4 nitrogen and oxygen atoms in total. The standard InChI is InChI=1S/C13H22O4/c14-10-5-1-3-7-12(10,16)9-13(17)8-4-2-6-11(13)15/h14-17H,1-9H2. The Bertz CT molecular complexity index is 244. The van der Waals surface area contributed by atoms with Gasteiger partial charge in [-0.1, -0.05) is 25.7 Å². The molecule has 2 rings (SSSR count). The number of hydrogen-bond acceptors (Lipinski definition) is 4. The molecular formula is C13H22O4. The van der Waals surface area contributed by atoms with E-state index in [1.54, 1.807) is 0 Å². The van der Waals surface area contributed by atoms with Crippen molar-refractivity contribution in [3.8, 4) is 0 Å². The number of aliphatic hydroxyl groups is 4. The fourth-order valence-corrected chi connectivity index (χ4v) is 3.04. The smallest absolute Gasteiger partial charge is 0.125 e.